The third-order valence-corrected chi connectivity index (χ3v) is 2.65. The predicted octanol–water partition coefficient (Wildman–Crippen LogP) is 2.47. The maximum atomic E-state index is 5.19. The lowest BCUT2D eigenvalue weighted by atomic mass is 10.1. The van der Waals surface area contributed by atoms with E-state index >= 15 is 0 Å². The quantitative estimate of drug-likeness (QED) is 0.879. The lowest BCUT2D eigenvalue weighted by Gasteiger charge is -2.02. The SMILES string of the molecule is Cc1ccc(Cc2noc(CNC(C)C)n2)cc1. The van der Waals surface area contributed by atoms with E-state index < -0.39 is 0 Å². The van der Waals surface area contributed by atoms with Gasteiger partial charge in [-0.3, -0.25) is 0 Å². The van der Waals surface area contributed by atoms with Gasteiger partial charge in [0, 0.05) is 12.5 Å². The first kappa shape index (κ1) is 12.8. The minimum Gasteiger partial charge on any atom is -0.338 e. The zero-order chi connectivity index (χ0) is 13.0. The molecular formula is C14H19N3O. The monoisotopic (exact) mass is 245 g/mol. The van der Waals surface area contributed by atoms with Crippen molar-refractivity contribution in [3.8, 4) is 0 Å². The van der Waals surface area contributed by atoms with Crippen molar-refractivity contribution in [2.75, 3.05) is 0 Å². The van der Waals surface area contributed by atoms with Gasteiger partial charge in [-0.2, -0.15) is 4.98 Å². The van der Waals surface area contributed by atoms with Crippen molar-refractivity contribution in [1.29, 1.82) is 0 Å². The van der Waals surface area contributed by atoms with Crippen LogP contribution in [0.1, 0.15) is 36.7 Å². The van der Waals surface area contributed by atoms with Crippen LogP contribution < -0.4 is 5.32 Å². The number of nitrogens with one attached hydrogen (secondary N) is 1. The Morgan fingerprint density at radius 3 is 2.61 bits per heavy atom. The highest BCUT2D eigenvalue weighted by atomic mass is 16.5. The molecule has 1 aromatic carbocycles. The molecule has 1 aromatic heterocycles. The van der Waals surface area contributed by atoms with E-state index in [1.54, 1.807) is 0 Å². The van der Waals surface area contributed by atoms with Crippen LogP contribution in [0.2, 0.25) is 0 Å². The number of aryl methyl sites for hydroxylation is 1. The van der Waals surface area contributed by atoms with Crippen LogP contribution in [0.5, 0.6) is 0 Å². The van der Waals surface area contributed by atoms with Gasteiger partial charge in [-0.05, 0) is 12.5 Å². The van der Waals surface area contributed by atoms with Crippen LogP contribution in [0, 0.1) is 6.92 Å². The van der Waals surface area contributed by atoms with E-state index in [0.29, 0.717) is 24.9 Å². The highest BCUT2D eigenvalue weighted by Crippen LogP contribution is 2.08. The highest BCUT2D eigenvalue weighted by Gasteiger charge is 2.07. The summed E-state index contributed by atoms with van der Waals surface area (Å²) < 4.78 is 5.19. The summed E-state index contributed by atoms with van der Waals surface area (Å²) in [6.07, 6.45) is 0.714. The number of nitrogens with zero attached hydrogens (tertiary/aromatic N) is 2. The van der Waals surface area contributed by atoms with Gasteiger partial charge in [-0.15, -0.1) is 0 Å². The molecule has 96 valence electrons. The first-order valence-corrected chi connectivity index (χ1v) is 6.24. The average Bonchev–Trinajstić information content (AvgIpc) is 2.77. The van der Waals surface area contributed by atoms with Gasteiger partial charge in [-0.25, -0.2) is 0 Å². The second-order valence-electron chi connectivity index (χ2n) is 4.80. The Labute approximate surface area is 107 Å². The molecule has 0 saturated heterocycles. The Morgan fingerprint density at radius 1 is 1.22 bits per heavy atom. The van der Waals surface area contributed by atoms with Gasteiger partial charge in [0.1, 0.15) is 0 Å². The molecule has 0 amide bonds. The summed E-state index contributed by atoms with van der Waals surface area (Å²) in [5.41, 5.74) is 2.46. The molecule has 0 unspecified atom stereocenters. The Bertz CT molecular complexity index is 488. The third kappa shape index (κ3) is 3.67. The third-order valence-electron chi connectivity index (χ3n) is 2.65. The molecule has 1 heterocycles. The minimum atomic E-state index is 0.414. The zero-order valence-corrected chi connectivity index (χ0v) is 11.1. The average molecular weight is 245 g/mol. The number of aromatic nitrogens is 2. The molecule has 4 nitrogen and oxygen atoms in total. The lowest BCUT2D eigenvalue weighted by molar-refractivity contribution is 0.358. The molecule has 0 radical (unpaired) electrons. The molecule has 0 atom stereocenters. The molecule has 18 heavy (non-hydrogen) atoms. The summed E-state index contributed by atoms with van der Waals surface area (Å²) >= 11 is 0. The van der Waals surface area contributed by atoms with E-state index in [2.05, 4.69) is 60.5 Å². The van der Waals surface area contributed by atoms with Gasteiger partial charge in [0.2, 0.25) is 5.89 Å². The molecule has 1 N–H and O–H groups in total. The number of benzene rings is 1. The van der Waals surface area contributed by atoms with Crippen LogP contribution in [0.3, 0.4) is 0 Å². The van der Waals surface area contributed by atoms with Crippen LogP contribution in [0.25, 0.3) is 0 Å². The molecule has 0 fully saturated rings. The molecule has 0 aliphatic carbocycles. The lowest BCUT2D eigenvalue weighted by Crippen LogP contribution is -2.21. The molecule has 0 aliphatic heterocycles. The smallest absolute Gasteiger partial charge is 0.240 e. The first-order chi connectivity index (χ1) is 8.63. The number of hydrogen-bond donors (Lipinski definition) is 1. The minimum absolute atomic E-state index is 0.414. The first-order valence-electron chi connectivity index (χ1n) is 6.24. The second-order valence-corrected chi connectivity index (χ2v) is 4.80. The Hall–Kier alpha value is -1.68. The molecule has 2 aromatic rings. The van der Waals surface area contributed by atoms with Crippen LogP contribution in [0.15, 0.2) is 28.8 Å². The summed E-state index contributed by atoms with van der Waals surface area (Å²) in [7, 11) is 0. The predicted molar refractivity (Wildman–Crippen MR) is 70.3 cm³/mol. The Balaban J connectivity index is 1.95. The largest absolute Gasteiger partial charge is 0.338 e. The van der Waals surface area contributed by atoms with E-state index in [0.717, 1.165) is 5.82 Å². The summed E-state index contributed by atoms with van der Waals surface area (Å²) in [5, 5.41) is 7.24. The van der Waals surface area contributed by atoms with E-state index in [-0.39, 0.29) is 0 Å². The van der Waals surface area contributed by atoms with Gasteiger partial charge in [0.25, 0.3) is 0 Å². The van der Waals surface area contributed by atoms with E-state index in [1.165, 1.54) is 11.1 Å². The van der Waals surface area contributed by atoms with E-state index in [4.69, 9.17) is 4.52 Å². The van der Waals surface area contributed by atoms with Crippen molar-refractivity contribution >= 4 is 0 Å². The van der Waals surface area contributed by atoms with Crippen molar-refractivity contribution in [3.05, 3.63) is 47.1 Å². The fraction of sp³-hybridized carbons (Fsp3) is 0.429. The molecule has 0 aliphatic rings. The summed E-state index contributed by atoms with van der Waals surface area (Å²) in [6.45, 7) is 6.87. The van der Waals surface area contributed by atoms with Gasteiger partial charge in [0.05, 0.1) is 6.54 Å². The van der Waals surface area contributed by atoms with Gasteiger partial charge in [-0.1, -0.05) is 48.8 Å². The topological polar surface area (TPSA) is 51.0 Å². The van der Waals surface area contributed by atoms with E-state index in [9.17, 15) is 0 Å². The van der Waals surface area contributed by atoms with Crippen molar-refractivity contribution in [3.63, 3.8) is 0 Å². The maximum Gasteiger partial charge on any atom is 0.240 e. The van der Waals surface area contributed by atoms with Gasteiger partial charge < -0.3 is 9.84 Å². The molecule has 0 saturated carbocycles. The molecular weight excluding hydrogens is 226 g/mol. The molecule has 0 spiro atoms. The molecule has 4 heteroatoms. The van der Waals surface area contributed by atoms with Crippen LogP contribution in [-0.2, 0) is 13.0 Å². The highest BCUT2D eigenvalue weighted by molar-refractivity contribution is 5.23. The molecule has 0 bridgehead atoms. The fourth-order valence-corrected chi connectivity index (χ4v) is 1.61. The van der Waals surface area contributed by atoms with Crippen LogP contribution in [-0.4, -0.2) is 16.2 Å². The standard InChI is InChI=1S/C14H19N3O/c1-10(2)15-9-14-16-13(17-18-14)8-12-6-4-11(3)5-7-12/h4-7,10,15H,8-9H2,1-3H3. The van der Waals surface area contributed by atoms with Crippen molar-refractivity contribution in [2.24, 2.45) is 0 Å². The summed E-state index contributed by atoms with van der Waals surface area (Å²) in [5.74, 6) is 1.38. The van der Waals surface area contributed by atoms with E-state index in [1.807, 2.05) is 0 Å². The Kier molecular flexibility index (Phi) is 4.10. The molecule has 2 rings (SSSR count). The zero-order valence-electron chi connectivity index (χ0n) is 11.1. The Morgan fingerprint density at radius 2 is 1.94 bits per heavy atom. The van der Waals surface area contributed by atoms with Crippen LogP contribution in [0.4, 0.5) is 0 Å². The normalized spacial score (nSPS) is 11.1. The second kappa shape index (κ2) is 5.78. The summed E-state index contributed by atoms with van der Waals surface area (Å²) in [4.78, 5) is 4.36. The fourth-order valence-electron chi connectivity index (χ4n) is 1.61. The van der Waals surface area contributed by atoms with Crippen molar-refractivity contribution in [1.82, 2.24) is 15.5 Å². The van der Waals surface area contributed by atoms with Crippen LogP contribution >= 0.6 is 0 Å². The number of rotatable bonds is 5. The summed E-state index contributed by atoms with van der Waals surface area (Å²) in [6, 6.07) is 8.79. The van der Waals surface area contributed by atoms with Gasteiger partial charge in [0.15, 0.2) is 5.82 Å². The van der Waals surface area contributed by atoms with Crippen molar-refractivity contribution in [2.45, 2.75) is 39.8 Å². The maximum absolute atomic E-state index is 5.19. The van der Waals surface area contributed by atoms with Crippen molar-refractivity contribution < 1.29 is 4.52 Å². The van der Waals surface area contributed by atoms with Gasteiger partial charge >= 0.3 is 0 Å². The number of hydrogen-bond acceptors (Lipinski definition) is 4.